The Morgan fingerprint density at radius 2 is 2.29 bits per heavy atom. The van der Waals surface area contributed by atoms with Gasteiger partial charge in [-0.05, 0) is 47.0 Å². The van der Waals surface area contributed by atoms with Crippen LogP contribution in [-0.2, 0) is 4.79 Å². The van der Waals surface area contributed by atoms with E-state index in [4.69, 9.17) is 4.74 Å². The third-order valence-corrected chi connectivity index (χ3v) is 4.10. The van der Waals surface area contributed by atoms with E-state index in [0.29, 0.717) is 30.8 Å². The summed E-state index contributed by atoms with van der Waals surface area (Å²) in [5.41, 5.74) is 0.583. The van der Waals surface area contributed by atoms with Crippen LogP contribution in [0, 0.1) is 0 Å². The van der Waals surface area contributed by atoms with Crippen molar-refractivity contribution in [1.29, 1.82) is 0 Å². The molecule has 114 valence electrons. The fourth-order valence-electron chi connectivity index (χ4n) is 2.32. The van der Waals surface area contributed by atoms with Gasteiger partial charge in [-0.15, -0.1) is 0 Å². The molecule has 21 heavy (non-hydrogen) atoms. The van der Waals surface area contributed by atoms with E-state index < -0.39 is 0 Å². The number of carbonyl (C=O) groups is 2. The lowest BCUT2D eigenvalue weighted by Gasteiger charge is -2.15. The highest BCUT2D eigenvalue weighted by Crippen LogP contribution is 2.25. The number of halogens is 1. The van der Waals surface area contributed by atoms with Crippen LogP contribution in [0.4, 0.5) is 0 Å². The average molecular weight is 355 g/mol. The maximum Gasteiger partial charge on any atom is 0.251 e. The maximum atomic E-state index is 12.0. The van der Waals surface area contributed by atoms with E-state index in [1.165, 1.54) is 0 Å². The quantitative estimate of drug-likeness (QED) is 0.796. The number of rotatable bonds is 6. The van der Waals surface area contributed by atoms with Crippen LogP contribution >= 0.6 is 15.9 Å². The molecule has 1 heterocycles. The van der Waals surface area contributed by atoms with Gasteiger partial charge in [-0.2, -0.15) is 0 Å². The first-order valence-corrected chi connectivity index (χ1v) is 7.80. The Hall–Kier alpha value is -1.56. The van der Waals surface area contributed by atoms with E-state index in [9.17, 15) is 9.59 Å². The summed E-state index contributed by atoms with van der Waals surface area (Å²) in [5, 5.41) is 2.86. The second kappa shape index (κ2) is 7.45. The molecule has 2 rings (SSSR count). The largest absolute Gasteiger partial charge is 0.496 e. The minimum atomic E-state index is -0.119. The van der Waals surface area contributed by atoms with Crippen LogP contribution in [0.2, 0.25) is 0 Å². The average Bonchev–Trinajstić information content (AvgIpc) is 2.88. The minimum Gasteiger partial charge on any atom is -0.496 e. The zero-order valence-corrected chi connectivity index (χ0v) is 13.6. The van der Waals surface area contributed by atoms with Crippen LogP contribution in [0.1, 0.15) is 29.6 Å². The number of carbonyl (C=O) groups excluding carboxylic acids is 2. The predicted molar refractivity (Wildman–Crippen MR) is 83.5 cm³/mol. The van der Waals surface area contributed by atoms with E-state index in [1.807, 2.05) is 4.90 Å². The van der Waals surface area contributed by atoms with Gasteiger partial charge in [0.2, 0.25) is 5.91 Å². The van der Waals surface area contributed by atoms with Gasteiger partial charge in [0.05, 0.1) is 11.6 Å². The number of hydrogen-bond acceptors (Lipinski definition) is 3. The normalized spacial score (nSPS) is 14.4. The molecule has 0 unspecified atom stereocenters. The third-order valence-electron chi connectivity index (χ3n) is 3.48. The molecule has 1 fully saturated rings. The zero-order chi connectivity index (χ0) is 15.2. The van der Waals surface area contributed by atoms with Gasteiger partial charge < -0.3 is 15.0 Å². The van der Waals surface area contributed by atoms with E-state index >= 15 is 0 Å². The van der Waals surface area contributed by atoms with Crippen molar-refractivity contribution < 1.29 is 14.3 Å². The highest BCUT2D eigenvalue weighted by molar-refractivity contribution is 9.10. The molecule has 0 spiro atoms. The van der Waals surface area contributed by atoms with Crippen LogP contribution in [0.15, 0.2) is 22.7 Å². The molecule has 1 aromatic rings. The van der Waals surface area contributed by atoms with Gasteiger partial charge in [0.1, 0.15) is 5.75 Å². The topological polar surface area (TPSA) is 58.6 Å². The SMILES string of the molecule is COc1ccc(C(=O)NCCCN2CCCC2=O)cc1Br. The Bertz CT molecular complexity index is 534. The lowest BCUT2D eigenvalue weighted by atomic mass is 10.2. The summed E-state index contributed by atoms with van der Waals surface area (Å²) >= 11 is 3.36. The van der Waals surface area contributed by atoms with E-state index in [-0.39, 0.29) is 11.8 Å². The Morgan fingerprint density at radius 1 is 1.48 bits per heavy atom. The highest BCUT2D eigenvalue weighted by atomic mass is 79.9. The van der Waals surface area contributed by atoms with Gasteiger partial charge in [0, 0.05) is 31.6 Å². The molecular formula is C15H19BrN2O3. The summed E-state index contributed by atoms with van der Waals surface area (Å²) in [4.78, 5) is 25.3. The van der Waals surface area contributed by atoms with Crippen LogP contribution in [-0.4, -0.2) is 43.5 Å². The summed E-state index contributed by atoms with van der Waals surface area (Å²) in [6.45, 7) is 2.12. The first-order valence-electron chi connectivity index (χ1n) is 7.01. The molecule has 1 saturated heterocycles. The van der Waals surface area contributed by atoms with Crippen molar-refractivity contribution in [3.63, 3.8) is 0 Å². The highest BCUT2D eigenvalue weighted by Gasteiger charge is 2.19. The number of amides is 2. The lowest BCUT2D eigenvalue weighted by molar-refractivity contribution is -0.127. The summed E-state index contributed by atoms with van der Waals surface area (Å²) in [5.74, 6) is 0.797. The molecular weight excluding hydrogens is 336 g/mol. The first kappa shape index (κ1) is 15.8. The molecule has 0 saturated carbocycles. The molecule has 6 heteroatoms. The second-order valence-corrected chi connectivity index (χ2v) is 5.80. The van der Waals surface area contributed by atoms with E-state index in [0.717, 1.165) is 23.9 Å². The Labute approximate surface area is 132 Å². The third kappa shape index (κ3) is 4.20. The number of nitrogens with one attached hydrogen (secondary N) is 1. The standard InChI is InChI=1S/C15H19BrN2O3/c1-21-13-6-5-11(10-12(13)16)15(20)17-7-3-9-18-8-2-4-14(18)19/h5-6,10H,2-4,7-9H2,1H3,(H,17,20). The smallest absolute Gasteiger partial charge is 0.251 e. The van der Waals surface area contributed by atoms with Gasteiger partial charge in [-0.3, -0.25) is 9.59 Å². The maximum absolute atomic E-state index is 12.0. The second-order valence-electron chi connectivity index (χ2n) is 4.94. The van der Waals surface area contributed by atoms with Crippen molar-refractivity contribution in [2.75, 3.05) is 26.7 Å². The number of likely N-dealkylation sites (tertiary alicyclic amines) is 1. The molecule has 1 N–H and O–H groups in total. The molecule has 0 radical (unpaired) electrons. The minimum absolute atomic E-state index is 0.119. The van der Waals surface area contributed by atoms with Crippen LogP contribution in [0.5, 0.6) is 5.75 Å². The number of methoxy groups -OCH3 is 1. The number of benzene rings is 1. The summed E-state index contributed by atoms with van der Waals surface area (Å²) in [6, 6.07) is 5.21. The zero-order valence-electron chi connectivity index (χ0n) is 12.0. The molecule has 0 atom stereocenters. The Balaban J connectivity index is 1.76. The fourth-order valence-corrected chi connectivity index (χ4v) is 2.86. The summed E-state index contributed by atoms with van der Waals surface area (Å²) < 4.78 is 5.88. The molecule has 5 nitrogen and oxygen atoms in total. The van der Waals surface area contributed by atoms with Crippen molar-refractivity contribution in [2.45, 2.75) is 19.3 Å². The molecule has 2 amide bonds. The van der Waals surface area contributed by atoms with Gasteiger partial charge in [0.25, 0.3) is 5.91 Å². The van der Waals surface area contributed by atoms with Gasteiger partial charge in [0.15, 0.2) is 0 Å². The molecule has 0 bridgehead atoms. The molecule has 0 aliphatic carbocycles. The number of hydrogen-bond donors (Lipinski definition) is 1. The van der Waals surface area contributed by atoms with E-state index in [2.05, 4.69) is 21.2 Å². The van der Waals surface area contributed by atoms with Gasteiger partial charge >= 0.3 is 0 Å². The van der Waals surface area contributed by atoms with Crippen molar-refractivity contribution in [3.05, 3.63) is 28.2 Å². The monoisotopic (exact) mass is 354 g/mol. The lowest BCUT2D eigenvalue weighted by Crippen LogP contribution is -2.30. The van der Waals surface area contributed by atoms with E-state index in [1.54, 1.807) is 25.3 Å². The van der Waals surface area contributed by atoms with Gasteiger partial charge in [-0.25, -0.2) is 0 Å². The molecule has 1 aromatic carbocycles. The fraction of sp³-hybridized carbons (Fsp3) is 0.467. The van der Waals surface area contributed by atoms with Crippen LogP contribution in [0.3, 0.4) is 0 Å². The molecule has 0 aromatic heterocycles. The predicted octanol–water partition coefficient (Wildman–Crippen LogP) is 2.20. The molecule has 1 aliphatic rings. The van der Waals surface area contributed by atoms with Gasteiger partial charge in [-0.1, -0.05) is 0 Å². The van der Waals surface area contributed by atoms with Crippen molar-refractivity contribution in [3.8, 4) is 5.75 Å². The first-order chi connectivity index (χ1) is 10.1. The Morgan fingerprint density at radius 3 is 2.90 bits per heavy atom. The van der Waals surface area contributed by atoms with Crippen molar-refractivity contribution in [2.24, 2.45) is 0 Å². The number of ether oxygens (including phenoxy) is 1. The van der Waals surface area contributed by atoms with Crippen molar-refractivity contribution >= 4 is 27.7 Å². The van der Waals surface area contributed by atoms with Crippen LogP contribution < -0.4 is 10.1 Å². The Kier molecular flexibility index (Phi) is 5.61. The summed E-state index contributed by atoms with van der Waals surface area (Å²) in [6.07, 6.45) is 2.38. The summed E-state index contributed by atoms with van der Waals surface area (Å²) in [7, 11) is 1.58. The molecule has 1 aliphatic heterocycles. The van der Waals surface area contributed by atoms with Crippen molar-refractivity contribution in [1.82, 2.24) is 10.2 Å². The van der Waals surface area contributed by atoms with Crippen LogP contribution in [0.25, 0.3) is 0 Å². The number of nitrogens with zero attached hydrogens (tertiary/aromatic N) is 1.